The van der Waals surface area contributed by atoms with Gasteiger partial charge in [0.1, 0.15) is 5.69 Å². The fraction of sp³-hybridized carbons (Fsp3) is 0.227. The highest BCUT2D eigenvalue weighted by molar-refractivity contribution is 5.74. The average Bonchev–Trinajstić information content (AvgIpc) is 2.71. The Morgan fingerprint density at radius 1 is 1.04 bits per heavy atom. The fourth-order valence-corrected chi connectivity index (χ4v) is 2.97. The first-order chi connectivity index (χ1) is 13.5. The Morgan fingerprint density at radius 2 is 1.75 bits per heavy atom. The summed E-state index contributed by atoms with van der Waals surface area (Å²) >= 11 is 0. The molecule has 3 rings (SSSR count). The van der Waals surface area contributed by atoms with E-state index >= 15 is 0 Å². The monoisotopic (exact) mass is 377 g/mol. The molecule has 0 aliphatic heterocycles. The molecule has 0 atom stereocenters. The van der Waals surface area contributed by atoms with Gasteiger partial charge in [0, 0.05) is 12.1 Å². The lowest BCUT2D eigenvalue weighted by Crippen LogP contribution is -2.24. The van der Waals surface area contributed by atoms with Crippen molar-refractivity contribution in [3.63, 3.8) is 0 Å². The van der Waals surface area contributed by atoms with E-state index < -0.39 is 0 Å². The molecule has 2 aromatic carbocycles. The molecule has 0 fully saturated rings. The lowest BCUT2D eigenvalue weighted by atomic mass is 10.00. The Kier molecular flexibility index (Phi) is 5.89. The van der Waals surface area contributed by atoms with Gasteiger partial charge in [-0.15, -0.1) is 0 Å². The summed E-state index contributed by atoms with van der Waals surface area (Å²) in [5.41, 5.74) is 10.2. The predicted molar refractivity (Wildman–Crippen MR) is 110 cm³/mol. The summed E-state index contributed by atoms with van der Waals surface area (Å²) in [6.07, 6.45) is 0.260. The van der Waals surface area contributed by atoms with E-state index in [-0.39, 0.29) is 23.6 Å². The number of hydrogen-bond donors (Lipinski definition) is 1. The number of aryl methyl sites for hydroxylation is 1. The van der Waals surface area contributed by atoms with Crippen LogP contribution >= 0.6 is 0 Å². The van der Waals surface area contributed by atoms with Crippen molar-refractivity contribution < 1.29 is 9.53 Å². The summed E-state index contributed by atoms with van der Waals surface area (Å²) in [7, 11) is 0. The lowest BCUT2D eigenvalue weighted by Gasteiger charge is -2.09. The maximum Gasteiger partial charge on any atom is 0.310 e. The Balaban J connectivity index is 1.89. The van der Waals surface area contributed by atoms with Crippen molar-refractivity contribution in [1.29, 1.82) is 0 Å². The molecule has 2 N–H and O–H groups in total. The average molecular weight is 377 g/mol. The molecule has 0 aliphatic carbocycles. The third kappa shape index (κ3) is 4.28. The van der Waals surface area contributed by atoms with Crippen LogP contribution in [0.15, 0.2) is 59.4 Å². The highest BCUT2D eigenvalue weighted by Gasteiger charge is 2.09. The fourth-order valence-electron chi connectivity index (χ4n) is 2.97. The van der Waals surface area contributed by atoms with E-state index in [0.29, 0.717) is 18.8 Å². The Morgan fingerprint density at radius 3 is 2.43 bits per heavy atom. The number of anilines is 1. The van der Waals surface area contributed by atoms with Crippen molar-refractivity contribution in [2.75, 3.05) is 12.3 Å². The molecule has 3 aromatic rings. The van der Waals surface area contributed by atoms with E-state index in [2.05, 4.69) is 5.10 Å². The van der Waals surface area contributed by atoms with Gasteiger partial charge in [0.2, 0.25) is 0 Å². The second-order valence-corrected chi connectivity index (χ2v) is 6.37. The number of aromatic nitrogens is 2. The van der Waals surface area contributed by atoms with Crippen LogP contribution in [0, 0.1) is 0 Å². The highest BCUT2D eigenvalue weighted by Crippen LogP contribution is 2.26. The molecule has 0 unspecified atom stereocenters. The number of carbonyl (C=O) groups is 1. The molecule has 0 bridgehead atoms. The van der Waals surface area contributed by atoms with Crippen molar-refractivity contribution >= 4 is 11.7 Å². The normalized spacial score (nSPS) is 10.6. The first kappa shape index (κ1) is 19.4. The third-order valence-corrected chi connectivity index (χ3v) is 4.40. The van der Waals surface area contributed by atoms with Crippen LogP contribution in [0.4, 0.5) is 5.69 Å². The highest BCUT2D eigenvalue weighted by atomic mass is 16.5. The number of esters is 1. The minimum atomic E-state index is -0.278. The number of nitrogens with zero attached hydrogens (tertiary/aromatic N) is 2. The molecule has 6 heteroatoms. The Bertz CT molecular complexity index is 1040. The SMILES string of the molecule is CCOC(=O)Cc1ccc(-c2cccc(-c3cc(N)c(=O)n(CC)n3)c2)cc1. The van der Waals surface area contributed by atoms with Crippen molar-refractivity contribution in [1.82, 2.24) is 9.78 Å². The molecule has 0 saturated heterocycles. The van der Waals surface area contributed by atoms with Gasteiger partial charge in [0.05, 0.1) is 18.7 Å². The van der Waals surface area contributed by atoms with Crippen LogP contribution in [-0.2, 0) is 22.5 Å². The summed E-state index contributed by atoms with van der Waals surface area (Å²) in [4.78, 5) is 23.6. The zero-order valence-electron chi connectivity index (χ0n) is 16.0. The van der Waals surface area contributed by atoms with Gasteiger partial charge in [-0.1, -0.05) is 42.5 Å². The first-order valence-corrected chi connectivity index (χ1v) is 9.24. The molecule has 144 valence electrons. The number of hydrogen-bond acceptors (Lipinski definition) is 5. The van der Waals surface area contributed by atoms with Crippen LogP contribution < -0.4 is 11.3 Å². The molecule has 0 amide bonds. The standard InChI is InChI=1S/C22H23N3O3/c1-3-25-22(27)19(23)14-20(24-25)18-7-5-6-17(13-18)16-10-8-15(9-11-16)12-21(26)28-4-2/h5-11,13-14H,3-4,12,23H2,1-2H3. The van der Waals surface area contributed by atoms with Crippen LogP contribution in [0.5, 0.6) is 0 Å². The zero-order chi connectivity index (χ0) is 20.1. The number of nitrogens with two attached hydrogens (primary N) is 1. The predicted octanol–water partition coefficient (Wildman–Crippen LogP) is 3.29. The number of benzene rings is 2. The van der Waals surface area contributed by atoms with Crippen LogP contribution in [-0.4, -0.2) is 22.4 Å². The number of carbonyl (C=O) groups excluding carboxylic acids is 1. The van der Waals surface area contributed by atoms with Crippen LogP contribution in [0.2, 0.25) is 0 Å². The Labute approximate surface area is 163 Å². The largest absolute Gasteiger partial charge is 0.466 e. The van der Waals surface area contributed by atoms with Gasteiger partial charge in [-0.2, -0.15) is 5.10 Å². The van der Waals surface area contributed by atoms with E-state index in [1.54, 1.807) is 13.0 Å². The molecule has 0 spiro atoms. The molecule has 6 nitrogen and oxygen atoms in total. The smallest absolute Gasteiger partial charge is 0.310 e. The maximum atomic E-state index is 12.0. The van der Waals surface area contributed by atoms with Crippen molar-refractivity contribution in [2.24, 2.45) is 0 Å². The molecular weight excluding hydrogens is 354 g/mol. The van der Waals surface area contributed by atoms with Gasteiger partial charge in [0.25, 0.3) is 5.56 Å². The third-order valence-electron chi connectivity index (χ3n) is 4.40. The summed E-state index contributed by atoms with van der Waals surface area (Å²) in [6, 6.07) is 17.3. The van der Waals surface area contributed by atoms with Gasteiger partial charge >= 0.3 is 5.97 Å². The first-order valence-electron chi connectivity index (χ1n) is 9.24. The molecule has 0 saturated carbocycles. The number of nitrogen functional groups attached to an aromatic ring is 1. The van der Waals surface area contributed by atoms with E-state index in [1.165, 1.54) is 4.68 Å². The number of ether oxygens (including phenoxy) is 1. The van der Waals surface area contributed by atoms with E-state index in [9.17, 15) is 9.59 Å². The topological polar surface area (TPSA) is 87.2 Å². The molecule has 1 aromatic heterocycles. The van der Waals surface area contributed by atoms with E-state index in [4.69, 9.17) is 10.5 Å². The summed E-state index contributed by atoms with van der Waals surface area (Å²) in [6.45, 7) is 4.49. The van der Waals surface area contributed by atoms with Gasteiger partial charge < -0.3 is 10.5 Å². The van der Waals surface area contributed by atoms with Crippen molar-refractivity contribution in [3.05, 3.63) is 70.5 Å². The van der Waals surface area contributed by atoms with Gasteiger partial charge in [0.15, 0.2) is 0 Å². The molecule has 28 heavy (non-hydrogen) atoms. The van der Waals surface area contributed by atoms with Crippen molar-refractivity contribution in [2.45, 2.75) is 26.8 Å². The summed E-state index contributed by atoms with van der Waals surface area (Å²) in [5.74, 6) is -0.230. The minimum Gasteiger partial charge on any atom is -0.466 e. The quantitative estimate of drug-likeness (QED) is 0.666. The maximum absolute atomic E-state index is 12.0. The zero-order valence-corrected chi connectivity index (χ0v) is 16.0. The summed E-state index contributed by atoms with van der Waals surface area (Å²) < 4.78 is 6.34. The van der Waals surface area contributed by atoms with E-state index in [0.717, 1.165) is 22.3 Å². The van der Waals surface area contributed by atoms with Crippen LogP contribution in [0.3, 0.4) is 0 Å². The van der Waals surface area contributed by atoms with Gasteiger partial charge in [-0.05, 0) is 42.7 Å². The molecule has 1 heterocycles. The van der Waals surface area contributed by atoms with E-state index in [1.807, 2.05) is 55.5 Å². The van der Waals surface area contributed by atoms with Gasteiger partial charge in [-0.3, -0.25) is 9.59 Å². The van der Waals surface area contributed by atoms with Crippen molar-refractivity contribution in [3.8, 4) is 22.4 Å². The molecule has 0 radical (unpaired) electrons. The second kappa shape index (κ2) is 8.52. The molecule has 0 aliphatic rings. The summed E-state index contributed by atoms with van der Waals surface area (Å²) in [5, 5.41) is 4.39. The lowest BCUT2D eigenvalue weighted by molar-refractivity contribution is -0.142. The minimum absolute atomic E-state index is 0.181. The van der Waals surface area contributed by atoms with Crippen LogP contribution in [0.1, 0.15) is 19.4 Å². The number of rotatable bonds is 6. The van der Waals surface area contributed by atoms with Gasteiger partial charge in [-0.25, -0.2) is 4.68 Å². The second-order valence-electron chi connectivity index (χ2n) is 6.37. The Hall–Kier alpha value is -3.41. The molecular formula is C22H23N3O3. The van der Waals surface area contributed by atoms with Crippen LogP contribution in [0.25, 0.3) is 22.4 Å².